The summed E-state index contributed by atoms with van der Waals surface area (Å²) in [5.41, 5.74) is 0. The fourth-order valence-electron chi connectivity index (χ4n) is 2.67. The van der Waals surface area contributed by atoms with Gasteiger partial charge in [0.2, 0.25) is 0 Å². The molecule has 1 aliphatic rings. The van der Waals surface area contributed by atoms with Gasteiger partial charge < -0.3 is 10.6 Å². The molecule has 2 unspecified atom stereocenters. The Balaban J connectivity index is 1.60. The summed E-state index contributed by atoms with van der Waals surface area (Å²) in [5.74, 6) is 0. The number of hydrogen-bond donors (Lipinski definition) is 2. The largest absolute Gasteiger partial charge is 0.314 e. The van der Waals surface area contributed by atoms with Crippen LogP contribution in [0.1, 0.15) is 39.0 Å². The van der Waals surface area contributed by atoms with Crippen LogP contribution in [0.5, 0.6) is 0 Å². The number of nitrogens with zero attached hydrogens (tertiary/aromatic N) is 2. The van der Waals surface area contributed by atoms with E-state index in [0.717, 1.165) is 13.1 Å². The van der Waals surface area contributed by atoms with E-state index in [-0.39, 0.29) is 0 Å². The second-order valence-electron chi connectivity index (χ2n) is 5.36. The second kappa shape index (κ2) is 7.54. The zero-order valence-electron chi connectivity index (χ0n) is 11.4. The Bertz CT molecular complexity index is 302. The van der Waals surface area contributed by atoms with E-state index in [4.69, 9.17) is 0 Å². The van der Waals surface area contributed by atoms with Crippen LogP contribution >= 0.6 is 0 Å². The topological polar surface area (TPSA) is 41.9 Å². The minimum Gasteiger partial charge on any atom is -0.314 e. The van der Waals surface area contributed by atoms with E-state index in [1.807, 2.05) is 23.1 Å². The van der Waals surface area contributed by atoms with Crippen LogP contribution in [0, 0.1) is 0 Å². The smallest absolute Gasteiger partial charge is 0.0534 e. The number of hydrogen-bond acceptors (Lipinski definition) is 3. The van der Waals surface area contributed by atoms with Gasteiger partial charge >= 0.3 is 0 Å². The van der Waals surface area contributed by atoms with Crippen LogP contribution in [0.15, 0.2) is 18.5 Å². The summed E-state index contributed by atoms with van der Waals surface area (Å²) in [6.07, 6.45) is 10.5. The highest BCUT2D eigenvalue weighted by atomic mass is 15.3. The molecule has 1 saturated heterocycles. The van der Waals surface area contributed by atoms with Crippen molar-refractivity contribution in [2.75, 3.05) is 13.1 Å². The Morgan fingerprint density at radius 3 is 3.22 bits per heavy atom. The maximum Gasteiger partial charge on any atom is 0.0534 e. The van der Waals surface area contributed by atoms with Crippen molar-refractivity contribution in [3.63, 3.8) is 0 Å². The second-order valence-corrected chi connectivity index (χ2v) is 5.36. The molecular formula is C14H26N4. The summed E-state index contributed by atoms with van der Waals surface area (Å²) in [6.45, 7) is 5.44. The third-order valence-corrected chi connectivity index (χ3v) is 3.69. The lowest BCUT2D eigenvalue weighted by Crippen LogP contribution is -2.37. The molecule has 0 amide bonds. The fraction of sp³-hybridized carbons (Fsp3) is 0.786. The number of rotatable bonds is 6. The van der Waals surface area contributed by atoms with E-state index in [1.54, 1.807) is 0 Å². The third kappa shape index (κ3) is 4.78. The van der Waals surface area contributed by atoms with Crippen molar-refractivity contribution in [3.05, 3.63) is 18.5 Å². The van der Waals surface area contributed by atoms with Gasteiger partial charge in [0.05, 0.1) is 6.54 Å². The average molecular weight is 250 g/mol. The maximum atomic E-state index is 4.21. The van der Waals surface area contributed by atoms with Gasteiger partial charge in [0, 0.05) is 31.0 Å². The van der Waals surface area contributed by atoms with Crippen LogP contribution in [0.2, 0.25) is 0 Å². The lowest BCUT2D eigenvalue weighted by molar-refractivity contribution is 0.395. The zero-order chi connectivity index (χ0) is 12.6. The molecule has 4 heteroatoms. The summed E-state index contributed by atoms with van der Waals surface area (Å²) in [7, 11) is 0. The highest BCUT2D eigenvalue weighted by Crippen LogP contribution is 2.12. The predicted molar refractivity (Wildman–Crippen MR) is 74.6 cm³/mol. The quantitative estimate of drug-likeness (QED) is 0.809. The Hall–Kier alpha value is -0.870. The number of nitrogens with one attached hydrogen (secondary N) is 2. The van der Waals surface area contributed by atoms with Crippen molar-refractivity contribution in [2.45, 2.75) is 57.7 Å². The van der Waals surface area contributed by atoms with Crippen molar-refractivity contribution in [1.82, 2.24) is 20.4 Å². The first-order chi connectivity index (χ1) is 8.84. The van der Waals surface area contributed by atoms with E-state index in [9.17, 15) is 0 Å². The van der Waals surface area contributed by atoms with Crippen LogP contribution in [0.25, 0.3) is 0 Å². The van der Waals surface area contributed by atoms with Gasteiger partial charge in [-0.25, -0.2) is 0 Å². The van der Waals surface area contributed by atoms with Gasteiger partial charge in [-0.05, 0) is 38.8 Å². The molecule has 1 aromatic rings. The van der Waals surface area contributed by atoms with Crippen LogP contribution in [0.3, 0.4) is 0 Å². The molecule has 2 N–H and O–H groups in total. The molecule has 2 heterocycles. The van der Waals surface area contributed by atoms with Crippen molar-refractivity contribution < 1.29 is 0 Å². The average Bonchev–Trinajstić information content (AvgIpc) is 2.74. The van der Waals surface area contributed by atoms with Gasteiger partial charge in [-0.2, -0.15) is 5.10 Å². The molecule has 4 nitrogen and oxygen atoms in total. The van der Waals surface area contributed by atoms with Crippen LogP contribution in [-0.2, 0) is 6.54 Å². The Labute approximate surface area is 110 Å². The Morgan fingerprint density at radius 2 is 2.39 bits per heavy atom. The maximum absolute atomic E-state index is 4.21. The summed E-state index contributed by atoms with van der Waals surface area (Å²) < 4.78 is 1.98. The molecule has 0 aromatic carbocycles. The lowest BCUT2D eigenvalue weighted by Gasteiger charge is -2.21. The fourth-order valence-corrected chi connectivity index (χ4v) is 2.67. The van der Waals surface area contributed by atoms with Gasteiger partial charge in [-0.15, -0.1) is 0 Å². The Morgan fingerprint density at radius 1 is 1.44 bits per heavy atom. The van der Waals surface area contributed by atoms with Gasteiger partial charge in [0.1, 0.15) is 0 Å². The van der Waals surface area contributed by atoms with E-state index in [0.29, 0.717) is 12.1 Å². The van der Waals surface area contributed by atoms with E-state index < -0.39 is 0 Å². The highest BCUT2D eigenvalue weighted by molar-refractivity contribution is 4.79. The van der Waals surface area contributed by atoms with E-state index >= 15 is 0 Å². The summed E-state index contributed by atoms with van der Waals surface area (Å²) in [4.78, 5) is 0. The normalized spacial score (nSPS) is 22.6. The molecule has 1 fully saturated rings. The first kappa shape index (κ1) is 13.6. The van der Waals surface area contributed by atoms with E-state index in [1.165, 1.54) is 38.6 Å². The third-order valence-electron chi connectivity index (χ3n) is 3.69. The number of aromatic nitrogens is 2. The molecule has 0 radical (unpaired) electrons. The molecule has 102 valence electrons. The molecule has 2 atom stereocenters. The molecule has 0 spiro atoms. The lowest BCUT2D eigenvalue weighted by atomic mass is 10.0. The van der Waals surface area contributed by atoms with Crippen LogP contribution < -0.4 is 10.6 Å². The molecule has 1 aliphatic heterocycles. The van der Waals surface area contributed by atoms with Gasteiger partial charge in [0.25, 0.3) is 0 Å². The van der Waals surface area contributed by atoms with Crippen LogP contribution in [0.4, 0.5) is 0 Å². The SMILES string of the molecule is CC(CC1CCCCCN1)NCCn1cccn1. The van der Waals surface area contributed by atoms with Crippen molar-refractivity contribution in [2.24, 2.45) is 0 Å². The molecule has 0 aliphatic carbocycles. The zero-order valence-corrected chi connectivity index (χ0v) is 11.4. The van der Waals surface area contributed by atoms with Crippen molar-refractivity contribution in [1.29, 1.82) is 0 Å². The van der Waals surface area contributed by atoms with Crippen molar-refractivity contribution in [3.8, 4) is 0 Å². The predicted octanol–water partition coefficient (Wildman–Crippen LogP) is 1.78. The molecular weight excluding hydrogens is 224 g/mol. The first-order valence-electron chi connectivity index (χ1n) is 7.29. The van der Waals surface area contributed by atoms with E-state index in [2.05, 4.69) is 22.7 Å². The summed E-state index contributed by atoms with van der Waals surface area (Å²) >= 11 is 0. The summed E-state index contributed by atoms with van der Waals surface area (Å²) in [6, 6.07) is 3.26. The Kier molecular flexibility index (Phi) is 5.68. The molecule has 2 rings (SSSR count). The molecule has 0 bridgehead atoms. The monoisotopic (exact) mass is 250 g/mol. The van der Waals surface area contributed by atoms with Crippen molar-refractivity contribution >= 4 is 0 Å². The van der Waals surface area contributed by atoms with Gasteiger partial charge in [-0.1, -0.05) is 12.8 Å². The molecule has 1 aromatic heterocycles. The molecule has 0 saturated carbocycles. The van der Waals surface area contributed by atoms with Crippen LogP contribution in [-0.4, -0.2) is 35.0 Å². The minimum absolute atomic E-state index is 0.580. The summed E-state index contributed by atoms with van der Waals surface area (Å²) in [5, 5.41) is 11.5. The highest BCUT2D eigenvalue weighted by Gasteiger charge is 2.14. The van der Waals surface area contributed by atoms with Gasteiger partial charge in [0.15, 0.2) is 0 Å². The molecule has 18 heavy (non-hydrogen) atoms. The first-order valence-corrected chi connectivity index (χ1v) is 7.29. The van der Waals surface area contributed by atoms with Gasteiger partial charge in [-0.3, -0.25) is 4.68 Å². The standard InChI is InChI=1S/C14H26N4/c1-13(12-14-6-3-2-4-7-16-14)15-9-11-18-10-5-8-17-18/h5,8,10,13-16H,2-4,6-7,9,11-12H2,1H3. The minimum atomic E-state index is 0.580.